The Kier molecular flexibility index (Phi) is 2.23. The molecule has 0 radical (unpaired) electrons. The first-order chi connectivity index (χ1) is 6.27. The largest absolute Gasteiger partial charge is 0.388 e. The number of aryl methyl sites for hydroxylation is 1. The van der Waals surface area contributed by atoms with Gasteiger partial charge in [-0.25, -0.2) is 0 Å². The molecule has 0 aromatic heterocycles. The van der Waals surface area contributed by atoms with Crippen molar-refractivity contribution >= 4 is 5.69 Å². The van der Waals surface area contributed by atoms with E-state index in [2.05, 4.69) is 24.4 Å². The normalized spacial score (nSPS) is 21.5. The van der Waals surface area contributed by atoms with E-state index in [4.69, 9.17) is 0 Å². The summed E-state index contributed by atoms with van der Waals surface area (Å²) in [6.07, 6.45) is 1.61. The van der Waals surface area contributed by atoms with Crippen LogP contribution in [0, 0.1) is 6.92 Å². The fourth-order valence-corrected chi connectivity index (χ4v) is 1.79. The maximum atomic E-state index is 9.79. The van der Waals surface area contributed by atoms with E-state index in [1.807, 2.05) is 6.07 Å². The highest BCUT2D eigenvalue weighted by molar-refractivity contribution is 5.54. The van der Waals surface area contributed by atoms with Crippen LogP contribution in [0.2, 0.25) is 0 Å². The van der Waals surface area contributed by atoms with Crippen LogP contribution in [0.3, 0.4) is 0 Å². The Morgan fingerprint density at radius 2 is 2.31 bits per heavy atom. The summed E-state index contributed by atoms with van der Waals surface area (Å²) in [6.45, 7) is 3.03. The maximum Gasteiger partial charge on any atom is 0.0810 e. The summed E-state index contributed by atoms with van der Waals surface area (Å²) in [5.41, 5.74) is 3.38. The zero-order chi connectivity index (χ0) is 9.26. The van der Waals surface area contributed by atoms with E-state index in [1.54, 1.807) is 0 Å². The van der Waals surface area contributed by atoms with E-state index in [1.165, 1.54) is 5.56 Å². The summed E-state index contributed by atoms with van der Waals surface area (Å²) in [5, 5.41) is 13.1. The van der Waals surface area contributed by atoms with Crippen molar-refractivity contribution < 1.29 is 5.11 Å². The van der Waals surface area contributed by atoms with Crippen LogP contribution in [0.1, 0.15) is 30.1 Å². The molecule has 0 bridgehead atoms. The molecule has 2 rings (SSSR count). The zero-order valence-electron chi connectivity index (χ0n) is 7.88. The average molecular weight is 177 g/mol. The van der Waals surface area contributed by atoms with Gasteiger partial charge in [0.25, 0.3) is 0 Å². The van der Waals surface area contributed by atoms with Crippen molar-refractivity contribution in [1.29, 1.82) is 0 Å². The minimum Gasteiger partial charge on any atom is -0.388 e. The Hall–Kier alpha value is -1.02. The minimum atomic E-state index is -0.286. The molecule has 1 aliphatic heterocycles. The number of hydrogen-bond acceptors (Lipinski definition) is 2. The second-order valence-electron chi connectivity index (χ2n) is 3.68. The van der Waals surface area contributed by atoms with Gasteiger partial charge in [-0.05, 0) is 31.4 Å². The number of aliphatic hydroxyl groups excluding tert-OH is 1. The van der Waals surface area contributed by atoms with Crippen LogP contribution in [-0.2, 0) is 0 Å². The van der Waals surface area contributed by atoms with Gasteiger partial charge in [0, 0.05) is 17.8 Å². The highest BCUT2D eigenvalue weighted by Gasteiger charge is 2.15. The summed E-state index contributed by atoms with van der Waals surface area (Å²) in [4.78, 5) is 0. The van der Waals surface area contributed by atoms with Crippen LogP contribution in [0.5, 0.6) is 0 Å². The second-order valence-corrected chi connectivity index (χ2v) is 3.68. The Balaban J connectivity index is 2.42. The van der Waals surface area contributed by atoms with Crippen LogP contribution < -0.4 is 5.32 Å². The van der Waals surface area contributed by atoms with Crippen molar-refractivity contribution in [3.63, 3.8) is 0 Å². The smallest absolute Gasteiger partial charge is 0.0810 e. The molecule has 0 saturated heterocycles. The molecule has 0 fully saturated rings. The summed E-state index contributed by atoms with van der Waals surface area (Å²) in [6, 6.07) is 6.17. The van der Waals surface area contributed by atoms with E-state index in [9.17, 15) is 5.11 Å². The SMILES string of the molecule is Cc1ccc2c(c1)NCCCC2O. The van der Waals surface area contributed by atoms with Gasteiger partial charge in [-0.15, -0.1) is 0 Å². The van der Waals surface area contributed by atoms with Crippen molar-refractivity contribution in [3.8, 4) is 0 Å². The first-order valence-corrected chi connectivity index (χ1v) is 4.80. The standard InChI is InChI=1S/C11H15NO/c1-8-4-5-9-10(7-8)12-6-2-3-11(9)13/h4-5,7,11-13H,2-3,6H2,1H3. The number of anilines is 1. The fraction of sp³-hybridized carbons (Fsp3) is 0.455. The van der Waals surface area contributed by atoms with Crippen molar-refractivity contribution in [2.45, 2.75) is 25.9 Å². The molecule has 0 aliphatic carbocycles. The molecule has 2 heteroatoms. The van der Waals surface area contributed by atoms with Gasteiger partial charge in [-0.3, -0.25) is 0 Å². The predicted octanol–water partition coefficient (Wildman–Crippen LogP) is 2.23. The molecule has 13 heavy (non-hydrogen) atoms. The van der Waals surface area contributed by atoms with Crippen molar-refractivity contribution in [3.05, 3.63) is 29.3 Å². The molecule has 70 valence electrons. The average Bonchev–Trinajstić information content (AvgIpc) is 2.28. The Labute approximate surface area is 78.6 Å². The predicted molar refractivity (Wildman–Crippen MR) is 53.9 cm³/mol. The van der Waals surface area contributed by atoms with Gasteiger partial charge < -0.3 is 10.4 Å². The molecule has 1 aliphatic rings. The number of fused-ring (bicyclic) bond motifs is 1. The fourth-order valence-electron chi connectivity index (χ4n) is 1.79. The molecule has 0 amide bonds. The first-order valence-electron chi connectivity index (χ1n) is 4.80. The van der Waals surface area contributed by atoms with Gasteiger partial charge in [0.05, 0.1) is 6.10 Å². The molecule has 2 nitrogen and oxygen atoms in total. The third-order valence-electron chi connectivity index (χ3n) is 2.54. The summed E-state index contributed by atoms with van der Waals surface area (Å²) in [7, 11) is 0. The van der Waals surface area contributed by atoms with Crippen LogP contribution in [0.25, 0.3) is 0 Å². The van der Waals surface area contributed by atoms with Crippen LogP contribution in [0.15, 0.2) is 18.2 Å². The molecular weight excluding hydrogens is 162 g/mol. The number of nitrogens with one attached hydrogen (secondary N) is 1. The topological polar surface area (TPSA) is 32.3 Å². The monoisotopic (exact) mass is 177 g/mol. The van der Waals surface area contributed by atoms with E-state index in [0.29, 0.717) is 0 Å². The number of rotatable bonds is 0. The van der Waals surface area contributed by atoms with Crippen molar-refractivity contribution in [2.75, 3.05) is 11.9 Å². The minimum absolute atomic E-state index is 0.286. The quantitative estimate of drug-likeness (QED) is 0.637. The third kappa shape index (κ3) is 1.68. The van der Waals surface area contributed by atoms with Crippen molar-refractivity contribution in [1.82, 2.24) is 0 Å². The molecule has 2 N–H and O–H groups in total. The third-order valence-corrected chi connectivity index (χ3v) is 2.54. The van der Waals surface area contributed by atoms with Crippen molar-refractivity contribution in [2.24, 2.45) is 0 Å². The lowest BCUT2D eigenvalue weighted by atomic mass is 10.0. The molecule has 1 aromatic carbocycles. The highest BCUT2D eigenvalue weighted by atomic mass is 16.3. The van der Waals surface area contributed by atoms with Crippen LogP contribution in [0.4, 0.5) is 5.69 Å². The Bertz CT molecular complexity index is 309. The van der Waals surface area contributed by atoms with E-state index in [-0.39, 0.29) is 6.10 Å². The summed E-state index contributed by atoms with van der Waals surface area (Å²) in [5.74, 6) is 0. The lowest BCUT2D eigenvalue weighted by Crippen LogP contribution is -2.00. The summed E-state index contributed by atoms with van der Waals surface area (Å²) < 4.78 is 0. The number of hydrogen-bond donors (Lipinski definition) is 2. The van der Waals surface area contributed by atoms with Gasteiger partial charge in [0.2, 0.25) is 0 Å². The molecule has 1 heterocycles. The van der Waals surface area contributed by atoms with Gasteiger partial charge >= 0.3 is 0 Å². The summed E-state index contributed by atoms with van der Waals surface area (Å²) >= 11 is 0. The Morgan fingerprint density at radius 1 is 1.46 bits per heavy atom. The van der Waals surface area contributed by atoms with E-state index >= 15 is 0 Å². The maximum absolute atomic E-state index is 9.79. The first kappa shape index (κ1) is 8.57. The molecule has 1 unspecified atom stereocenters. The lowest BCUT2D eigenvalue weighted by molar-refractivity contribution is 0.168. The lowest BCUT2D eigenvalue weighted by Gasteiger charge is -2.11. The van der Waals surface area contributed by atoms with E-state index in [0.717, 1.165) is 30.6 Å². The molecule has 0 saturated carbocycles. The van der Waals surface area contributed by atoms with Crippen LogP contribution in [-0.4, -0.2) is 11.7 Å². The van der Waals surface area contributed by atoms with Gasteiger partial charge in [0.1, 0.15) is 0 Å². The highest BCUT2D eigenvalue weighted by Crippen LogP contribution is 2.29. The number of aliphatic hydroxyl groups is 1. The molecule has 1 atom stereocenters. The molecule has 0 spiro atoms. The van der Waals surface area contributed by atoms with Gasteiger partial charge in [0.15, 0.2) is 0 Å². The Morgan fingerprint density at radius 3 is 3.15 bits per heavy atom. The molecular formula is C11H15NO. The number of benzene rings is 1. The van der Waals surface area contributed by atoms with Gasteiger partial charge in [-0.2, -0.15) is 0 Å². The second kappa shape index (κ2) is 3.38. The zero-order valence-corrected chi connectivity index (χ0v) is 7.88. The van der Waals surface area contributed by atoms with E-state index < -0.39 is 0 Å². The molecule has 1 aromatic rings. The van der Waals surface area contributed by atoms with Gasteiger partial charge in [-0.1, -0.05) is 12.1 Å². The van der Waals surface area contributed by atoms with Crippen LogP contribution >= 0.6 is 0 Å².